The molecule has 0 amide bonds. The Bertz CT molecular complexity index is 355. The molecule has 4 nitrogen and oxygen atoms in total. The molecule has 72 valence electrons. The molecule has 0 aliphatic rings. The van der Waals surface area contributed by atoms with Crippen molar-refractivity contribution in [1.29, 1.82) is 0 Å². The maximum atomic E-state index is 11.0. The van der Waals surface area contributed by atoms with Crippen molar-refractivity contribution in [2.45, 2.75) is 27.2 Å². The van der Waals surface area contributed by atoms with Gasteiger partial charge in [0, 0.05) is 5.69 Å². The number of nitrogens with zero attached hydrogens (tertiary/aromatic N) is 2. The highest BCUT2D eigenvalue weighted by Crippen LogP contribution is 2.05. The average Bonchev–Trinajstić information content (AvgIpc) is 1.98. The van der Waals surface area contributed by atoms with Crippen molar-refractivity contribution in [3.05, 3.63) is 27.9 Å². The van der Waals surface area contributed by atoms with E-state index in [1.165, 1.54) is 0 Å². The van der Waals surface area contributed by atoms with Gasteiger partial charge >= 0.3 is 5.69 Å². The van der Waals surface area contributed by atoms with Gasteiger partial charge in [0.05, 0.1) is 5.69 Å². The van der Waals surface area contributed by atoms with Crippen molar-refractivity contribution in [3.63, 3.8) is 0 Å². The Labute approximate surface area is 76.8 Å². The molecule has 1 heterocycles. The van der Waals surface area contributed by atoms with Crippen LogP contribution in [-0.4, -0.2) is 14.9 Å². The Morgan fingerprint density at radius 3 is 2.77 bits per heavy atom. The van der Waals surface area contributed by atoms with E-state index < -0.39 is 5.69 Å². The fraction of sp³-hybridized carbons (Fsp3) is 0.556. The van der Waals surface area contributed by atoms with Gasteiger partial charge in [0.1, 0.15) is 0 Å². The first-order valence-corrected chi connectivity index (χ1v) is 4.29. The molecular weight excluding hydrogens is 168 g/mol. The second-order valence-corrected chi connectivity index (χ2v) is 3.58. The summed E-state index contributed by atoms with van der Waals surface area (Å²) in [6, 6.07) is 1.72. The minimum atomic E-state index is -0.601. The van der Waals surface area contributed by atoms with Crippen LogP contribution in [0.25, 0.3) is 0 Å². The molecular formula is C9H14N2O2. The maximum Gasteiger partial charge on any atom is 0.380 e. The van der Waals surface area contributed by atoms with E-state index in [-0.39, 0.29) is 0 Å². The Morgan fingerprint density at radius 1 is 1.62 bits per heavy atom. The average molecular weight is 182 g/mol. The number of aromatic nitrogens is 2. The van der Waals surface area contributed by atoms with Crippen LogP contribution >= 0.6 is 0 Å². The predicted octanol–water partition coefficient (Wildman–Crippen LogP) is 0.988. The first-order valence-electron chi connectivity index (χ1n) is 4.29. The minimum absolute atomic E-state index is 0.402. The highest BCUT2D eigenvalue weighted by atomic mass is 16.5. The van der Waals surface area contributed by atoms with E-state index in [0.717, 1.165) is 0 Å². The molecule has 0 unspecified atom stereocenters. The van der Waals surface area contributed by atoms with Crippen LogP contribution < -0.4 is 5.69 Å². The molecule has 0 spiro atoms. The molecule has 0 aliphatic heterocycles. The smallest absolute Gasteiger partial charge is 0.380 e. The predicted molar refractivity (Wildman–Crippen MR) is 49.0 cm³/mol. The molecule has 4 heteroatoms. The highest BCUT2D eigenvalue weighted by molar-refractivity contribution is 5.07. The summed E-state index contributed by atoms with van der Waals surface area (Å²) < 4.78 is 0.618. The van der Waals surface area contributed by atoms with Crippen molar-refractivity contribution in [2.24, 2.45) is 5.92 Å². The summed E-state index contributed by atoms with van der Waals surface area (Å²) in [6.45, 7) is 5.80. The minimum Gasteiger partial charge on any atom is -0.424 e. The van der Waals surface area contributed by atoms with Crippen LogP contribution in [-0.2, 0) is 6.42 Å². The van der Waals surface area contributed by atoms with Gasteiger partial charge in [-0.05, 0) is 25.3 Å². The highest BCUT2D eigenvalue weighted by Gasteiger charge is 2.06. The van der Waals surface area contributed by atoms with E-state index in [1.54, 1.807) is 13.0 Å². The maximum absolute atomic E-state index is 11.0. The van der Waals surface area contributed by atoms with Crippen LogP contribution in [0.4, 0.5) is 0 Å². The molecule has 1 rings (SSSR count). The Kier molecular flexibility index (Phi) is 2.70. The Hall–Kier alpha value is -1.32. The summed E-state index contributed by atoms with van der Waals surface area (Å²) in [5, 5.41) is 9.31. The zero-order valence-electron chi connectivity index (χ0n) is 8.11. The summed E-state index contributed by atoms with van der Waals surface area (Å²) in [6.07, 6.45) is 0.676. The zero-order chi connectivity index (χ0) is 10.0. The monoisotopic (exact) mass is 182 g/mol. The lowest BCUT2D eigenvalue weighted by atomic mass is 10.1. The van der Waals surface area contributed by atoms with E-state index >= 15 is 0 Å². The fourth-order valence-electron chi connectivity index (χ4n) is 1.22. The lowest BCUT2D eigenvalue weighted by Crippen LogP contribution is -2.25. The lowest BCUT2D eigenvalue weighted by Gasteiger charge is -2.08. The van der Waals surface area contributed by atoms with Gasteiger partial charge < -0.3 is 5.21 Å². The van der Waals surface area contributed by atoms with Gasteiger partial charge in [-0.25, -0.2) is 4.79 Å². The van der Waals surface area contributed by atoms with E-state index in [9.17, 15) is 10.0 Å². The summed E-state index contributed by atoms with van der Waals surface area (Å²) in [5.41, 5.74) is 0.661. The molecule has 0 saturated heterocycles. The lowest BCUT2D eigenvalue weighted by molar-refractivity contribution is 0.158. The molecule has 0 atom stereocenters. The van der Waals surface area contributed by atoms with Crippen LogP contribution in [0.5, 0.6) is 0 Å². The number of hydrogen-bond donors (Lipinski definition) is 1. The Morgan fingerprint density at radius 2 is 2.23 bits per heavy atom. The molecule has 0 bridgehead atoms. The largest absolute Gasteiger partial charge is 0.424 e. The van der Waals surface area contributed by atoms with E-state index in [2.05, 4.69) is 4.98 Å². The van der Waals surface area contributed by atoms with Crippen LogP contribution in [0.2, 0.25) is 0 Å². The van der Waals surface area contributed by atoms with Crippen LogP contribution in [0, 0.1) is 12.8 Å². The van der Waals surface area contributed by atoms with Gasteiger partial charge in [0.15, 0.2) is 0 Å². The SMILES string of the molecule is Cc1cc(CC(C)C)n(O)c(=O)n1. The van der Waals surface area contributed by atoms with Crippen molar-refractivity contribution in [1.82, 2.24) is 9.71 Å². The number of rotatable bonds is 2. The molecule has 0 aromatic carbocycles. The third-order valence-corrected chi connectivity index (χ3v) is 1.72. The summed E-state index contributed by atoms with van der Waals surface area (Å²) >= 11 is 0. The molecule has 0 fully saturated rings. The van der Waals surface area contributed by atoms with E-state index in [0.29, 0.717) is 28.5 Å². The van der Waals surface area contributed by atoms with Crippen molar-refractivity contribution in [2.75, 3.05) is 0 Å². The number of hydrogen-bond acceptors (Lipinski definition) is 3. The van der Waals surface area contributed by atoms with E-state index in [4.69, 9.17) is 0 Å². The van der Waals surface area contributed by atoms with Crippen molar-refractivity contribution >= 4 is 0 Å². The van der Waals surface area contributed by atoms with Crippen molar-refractivity contribution < 1.29 is 5.21 Å². The second-order valence-electron chi connectivity index (χ2n) is 3.58. The summed E-state index contributed by atoms with van der Waals surface area (Å²) in [5.74, 6) is 0.402. The van der Waals surface area contributed by atoms with Crippen LogP contribution in [0.3, 0.4) is 0 Å². The standard InChI is InChI=1S/C9H14N2O2/c1-6(2)4-8-5-7(3)10-9(12)11(8)13/h5-6,13H,4H2,1-3H3. The van der Waals surface area contributed by atoms with Crippen LogP contribution in [0.1, 0.15) is 25.2 Å². The topological polar surface area (TPSA) is 55.1 Å². The molecule has 1 aromatic rings. The van der Waals surface area contributed by atoms with Crippen molar-refractivity contribution in [3.8, 4) is 0 Å². The van der Waals surface area contributed by atoms with Gasteiger partial charge in [-0.3, -0.25) is 0 Å². The fourth-order valence-corrected chi connectivity index (χ4v) is 1.22. The van der Waals surface area contributed by atoms with Gasteiger partial charge in [-0.2, -0.15) is 4.98 Å². The molecule has 0 radical (unpaired) electrons. The van der Waals surface area contributed by atoms with Crippen LogP contribution in [0.15, 0.2) is 10.9 Å². The third kappa shape index (κ3) is 2.31. The molecule has 1 N–H and O–H groups in total. The first-order chi connectivity index (χ1) is 6.00. The Balaban J connectivity index is 3.13. The molecule has 13 heavy (non-hydrogen) atoms. The zero-order valence-corrected chi connectivity index (χ0v) is 8.11. The first kappa shape index (κ1) is 9.77. The van der Waals surface area contributed by atoms with E-state index in [1.807, 2.05) is 13.8 Å². The quantitative estimate of drug-likeness (QED) is 0.694. The number of aryl methyl sites for hydroxylation is 1. The summed E-state index contributed by atoms with van der Waals surface area (Å²) in [4.78, 5) is 14.6. The van der Waals surface area contributed by atoms with Gasteiger partial charge in [-0.15, -0.1) is 4.73 Å². The second kappa shape index (κ2) is 3.60. The summed E-state index contributed by atoms with van der Waals surface area (Å²) in [7, 11) is 0. The van der Waals surface area contributed by atoms with Gasteiger partial charge in [0.25, 0.3) is 0 Å². The molecule has 1 aromatic heterocycles. The normalized spacial score (nSPS) is 10.8. The third-order valence-electron chi connectivity index (χ3n) is 1.72. The van der Waals surface area contributed by atoms with Gasteiger partial charge in [0.2, 0.25) is 0 Å². The molecule has 0 saturated carbocycles. The van der Waals surface area contributed by atoms with Gasteiger partial charge in [-0.1, -0.05) is 13.8 Å². The molecule has 0 aliphatic carbocycles.